The molecule has 0 saturated carbocycles. The van der Waals surface area contributed by atoms with Gasteiger partial charge in [0, 0.05) is 4.47 Å². The van der Waals surface area contributed by atoms with Crippen LogP contribution in [0.1, 0.15) is 11.4 Å². The van der Waals surface area contributed by atoms with Crippen molar-refractivity contribution in [3.05, 3.63) is 46.1 Å². The smallest absolute Gasteiger partial charge is 0.238 e. The minimum absolute atomic E-state index is 0.122. The van der Waals surface area contributed by atoms with Crippen LogP contribution in [0.25, 0.3) is 0 Å². The van der Waals surface area contributed by atoms with E-state index in [1.807, 2.05) is 13.8 Å². The number of benzene rings is 1. The molecule has 1 aromatic heterocycles. The van der Waals surface area contributed by atoms with Crippen LogP contribution in [0.5, 0.6) is 11.6 Å². The van der Waals surface area contributed by atoms with Gasteiger partial charge < -0.3 is 4.74 Å². The van der Waals surface area contributed by atoms with E-state index in [2.05, 4.69) is 25.9 Å². The maximum Gasteiger partial charge on any atom is 0.238 e. The van der Waals surface area contributed by atoms with E-state index in [1.54, 1.807) is 12.1 Å². The molecule has 0 fully saturated rings. The summed E-state index contributed by atoms with van der Waals surface area (Å²) < 4.78 is 19.5. The lowest BCUT2D eigenvalue weighted by Gasteiger charge is -2.07. The van der Waals surface area contributed by atoms with E-state index in [9.17, 15) is 4.39 Å². The van der Waals surface area contributed by atoms with Crippen LogP contribution >= 0.6 is 15.9 Å². The Morgan fingerprint density at radius 3 is 2.71 bits per heavy atom. The molecule has 2 aromatic rings. The maximum absolute atomic E-state index is 13.4. The number of hydrogen-bond donors (Lipinski definition) is 0. The van der Waals surface area contributed by atoms with Crippen molar-refractivity contribution in [2.75, 3.05) is 0 Å². The van der Waals surface area contributed by atoms with Crippen molar-refractivity contribution in [2.24, 2.45) is 0 Å². The van der Waals surface area contributed by atoms with Crippen molar-refractivity contribution >= 4 is 15.9 Å². The lowest BCUT2D eigenvalue weighted by molar-refractivity contribution is 0.423. The van der Waals surface area contributed by atoms with Gasteiger partial charge in [-0.05, 0) is 32.0 Å². The lowest BCUT2D eigenvalue weighted by Crippen LogP contribution is -1.96. The van der Waals surface area contributed by atoms with Crippen LogP contribution in [-0.2, 0) is 0 Å². The third-order valence-electron chi connectivity index (χ3n) is 2.28. The SMILES string of the molecule is Cc1ncc(Oc2cc(Br)ccc2F)nc1C. The van der Waals surface area contributed by atoms with Crippen LogP contribution < -0.4 is 4.74 Å². The highest BCUT2D eigenvalue weighted by Crippen LogP contribution is 2.26. The molecule has 2 rings (SSSR count). The Labute approximate surface area is 107 Å². The zero-order valence-corrected chi connectivity index (χ0v) is 11.0. The van der Waals surface area contributed by atoms with Gasteiger partial charge in [-0.15, -0.1) is 0 Å². The second kappa shape index (κ2) is 4.79. The molecule has 88 valence electrons. The van der Waals surface area contributed by atoms with Crippen LogP contribution in [0.4, 0.5) is 4.39 Å². The Morgan fingerprint density at radius 2 is 2.00 bits per heavy atom. The average molecular weight is 297 g/mol. The summed E-state index contributed by atoms with van der Waals surface area (Å²) in [5.41, 5.74) is 1.59. The van der Waals surface area contributed by atoms with Gasteiger partial charge in [0.15, 0.2) is 11.6 Å². The van der Waals surface area contributed by atoms with Crippen molar-refractivity contribution in [1.29, 1.82) is 0 Å². The van der Waals surface area contributed by atoms with Crippen molar-refractivity contribution in [3.8, 4) is 11.6 Å². The largest absolute Gasteiger partial charge is 0.434 e. The third kappa shape index (κ3) is 2.79. The van der Waals surface area contributed by atoms with Crippen molar-refractivity contribution < 1.29 is 9.13 Å². The summed E-state index contributed by atoms with van der Waals surface area (Å²) in [5.74, 6) is -0.0322. The molecule has 1 heterocycles. The summed E-state index contributed by atoms with van der Waals surface area (Å²) in [7, 11) is 0. The number of hydrogen-bond acceptors (Lipinski definition) is 3. The average Bonchev–Trinajstić information content (AvgIpc) is 2.29. The summed E-state index contributed by atoms with van der Waals surface area (Å²) >= 11 is 3.25. The van der Waals surface area contributed by atoms with Gasteiger partial charge in [0.1, 0.15) is 0 Å². The molecule has 0 atom stereocenters. The molecule has 0 unspecified atom stereocenters. The molecule has 0 bridgehead atoms. The second-order valence-electron chi connectivity index (χ2n) is 3.56. The fourth-order valence-corrected chi connectivity index (χ4v) is 1.58. The molecule has 0 amide bonds. The first-order valence-electron chi connectivity index (χ1n) is 4.99. The number of rotatable bonds is 2. The molecule has 0 N–H and O–H groups in total. The van der Waals surface area contributed by atoms with Gasteiger partial charge in [-0.1, -0.05) is 15.9 Å². The predicted molar refractivity (Wildman–Crippen MR) is 65.7 cm³/mol. The molecular weight excluding hydrogens is 287 g/mol. The van der Waals surface area contributed by atoms with Crippen LogP contribution in [-0.4, -0.2) is 9.97 Å². The van der Waals surface area contributed by atoms with Gasteiger partial charge in [0.2, 0.25) is 5.88 Å². The molecule has 0 radical (unpaired) electrons. The van der Waals surface area contributed by atoms with Crippen LogP contribution in [0, 0.1) is 19.7 Å². The first-order valence-corrected chi connectivity index (χ1v) is 5.78. The van der Waals surface area contributed by atoms with E-state index < -0.39 is 5.82 Å². The van der Waals surface area contributed by atoms with Crippen LogP contribution in [0.2, 0.25) is 0 Å². The second-order valence-corrected chi connectivity index (χ2v) is 4.47. The monoisotopic (exact) mass is 296 g/mol. The topological polar surface area (TPSA) is 35.0 Å². The van der Waals surface area contributed by atoms with E-state index in [0.717, 1.165) is 15.9 Å². The molecular formula is C12H10BrFN2O. The molecule has 0 aliphatic rings. The van der Waals surface area contributed by atoms with E-state index in [0.29, 0.717) is 0 Å². The van der Waals surface area contributed by atoms with E-state index in [4.69, 9.17) is 4.74 Å². The molecule has 0 spiro atoms. The van der Waals surface area contributed by atoms with Gasteiger partial charge >= 0.3 is 0 Å². The number of halogens is 2. The van der Waals surface area contributed by atoms with Crippen LogP contribution in [0.15, 0.2) is 28.9 Å². The molecule has 0 aliphatic carbocycles. The minimum Gasteiger partial charge on any atom is -0.434 e. The Bertz CT molecular complexity index is 560. The molecule has 1 aromatic carbocycles. The van der Waals surface area contributed by atoms with E-state index >= 15 is 0 Å². The number of aromatic nitrogens is 2. The lowest BCUT2D eigenvalue weighted by atomic mass is 10.3. The minimum atomic E-state index is -0.437. The van der Waals surface area contributed by atoms with E-state index in [1.165, 1.54) is 12.3 Å². The van der Waals surface area contributed by atoms with Crippen molar-refractivity contribution in [3.63, 3.8) is 0 Å². The third-order valence-corrected chi connectivity index (χ3v) is 2.77. The Balaban J connectivity index is 2.31. The van der Waals surface area contributed by atoms with Crippen LogP contribution in [0.3, 0.4) is 0 Å². The molecule has 3 nitrogen and oxygen atoms in total. The molecule has 17 heavy (non-hydrogen) atoms. The number of nitrogens with zero attached hydrogens (tertiary/aromatic N) is 2. The number of ether oxygens (including phenoxy) is 1. The standard InChI is InChI=1S/C12H10BrFN2O/c1-7-8(2)16-12(6-15-7)17-11-5-9(13)3-4-10(11)14/h3-6H,1-2H3. The first kappa shape index (κ1) is 12.0. The highest BCUT2D eigenvalue weighted by molar-refractivity contribution is 9.10. The van der Waals surface area contributed by atoms with Crippen molar-refractivity contribution in [1.82, 2.24) is 9.97 Å². The Hall–Kier alpha value is -1.49. The zero-order valence-electron chi connectivity index (χ0n) is 9.37. The number of aryl methyl sites for hydroxylation is 2. The van der Waals surface area contributed by atoms with Crippen molar-refractivity contribution in [2.45, 2.75) is 13.8 Å². The van der Waals surface area contributed by atoms with Gasteiger partial charge in [-0.25, -0.2) is 9.37 Å². The molecule has 0 saturated heterocycles. The highest BCUT2D eigenvalue weighted by atomic mass is 79.9. The normalized spacial score (nSPS) is 10.4. The Morgan fingerprint density at radius 1 is 1.24 bits per heavy atom. The summed E-state index contributed by atoms with van der Waals surface area (Å²) in [6, 6.07) is 4.48. The van der Waals surface area contributed by atoms with Gasteiger partial charge in [-0.3, -0.25) is 4.98 Å². The quantitative estimate of drug-likeness (QED) is 0.846. The maximum atomic E-state index is 13.4. The predicted octanol–water partition coefficient (Wildman–Crippen LogP) is 3.79. The zero-order chi connectivity index (χ0) is 12.4. The van der Waals surface area contributed by atoms with Gasteiger partial charge in [-0.2, -0.15) is 0 Å². The Kier molecular flexibility index (Phi) is 3.38. The summed E-state index contributed by atoms with van der Waals surface area (Å²) in [5, 5.41) is 0. The van der Waals surface area contributed by atoms with Gasteiger partial charge in [0.25, 0.3) is 0 Å². The first-order chi connectivity index (χ1) is 8.06. The summed E-state index contributed by atoms with van der Waals surface area (Å²) in [6.45, 7) is 3.68. The molecule has 0 aliphatic heterocycles. The van der Waals surface area contributed by atoms with Gasteiger partial charge in [0.05, 0.1) is 17.6 Å². The fraction of sp³-hybridized carbons (Fsp3) is 0.167. The highest BCUT2D eigenvalue weighted by Gasteiger charge is 2.07. The fourth-order valence-electron chi connectivity index (χ4n) is 1.24. The molecule has 5 heteroatoms. The van der Waals surface area contributed by atoms with E-state index in [-0.39, 0.29) is 11.6 Å². The summed E-state index contributed by atoms with van der Waals surface area (Å²) in [4.78, 5) is 8.28. The summed E-state index contributed by atoms with van der Waals surface area (Å²) in [6.07, 6.45) is 1.47.